The molecule has 0 saturated carbocycles. The Hall–Kier alpha value is -2.70. The van der Waals surface area contributed by atoms with E-state index in [1.54, 1.807) is 30.3 Å². The number of benzene rings is 4. The van der Waals surface area contributed by atoms with Gasteiger partial charge in [-0.1, -0.05) is 53.2 Å². The number of nitrogens with one attached hydrogen (secondary N) is 1. The summed E-state index contributed by atoms with van der Waals surface area (Å²) in [6, 6.07) is 15.2. The molecule has 0 heterocycles. The second-order valence-electron chi connectivity index (χ2n) is 7.82. The van der Waals surface area contributed by atoms with Crippen LogP contribution in [-0.4, -0.2) is 26.0 Å². The van der Waals surface area contributed by atoms with E-state index in [9.17, 15) is 22.9 Å². The Bertz CT molecular complexity index is 1700. The Morgan fingerprint density at radius 3 is 2.39 bits per heavy atom. The zero-order chi connectivity index (χ0) is 26.9. The van der Waals surface area contributed by atoms with Crippen LogP contribution < -0.4 is 44.7 Å². The van der Waals surface area contributed by atoms with E-state index in [2.05, 4.69) is 15.5 Å². The van der Waals surface area contributed by atoms with Crippen LogP contribution in [0.3, 0.4) is 0 Å². The van der Waals surface area contributed by atoms with Gasteiger partial charge in [-0.2, -0.15) is 13.5 Å². The van der Waals surface area contributed by atoms with Crippen LogP contribution in [0.15, 0.2) is 75.8 Å². The third-order valence-corrected chi connectivity index (χ3v) is 7.03. The first-order valence-electron chi connectivity index (χ1n) is 10.6. The molecule has 0 aliphatic carbocycles. The predicted octanol–water partition coefficient (Wildman–Crippen LogP) is 3.46. The number of carbonyl (C=O) groups is 1. The van der Waals surface area contributed by atoms with Gasteiger partial charge in [-0.05, 0) is 48.2 Å². The van der Waals surface area contributed by atoms with Crippen LogP contribution in [0.4, 0.5) is 17.1 Å². The molecule has 0 unspecified atom stereocenters. The van der Waals surface area contributed by atoms with Crippen LogP contribution in [-0.2, 0) is 10.1 Å². The minimum atomic E-state index is -4.55. The Morgan fingerprint density at radius 1 is 1.03 bits per heavy atom. The van der Waals surface area contributed by atoms with Crippen molar-refractivity contribution >= 4 is 67.1 Å². The molecule has 38 heavy (non-hydrogen) atoms. The first-order chi connectivity index (χ1) is 17.5. The maximum atomic E-state index is 13.4. The number of anilines is 1. The summed E-state index contributed by atoms with van der Waals surface area (Å²) < 4.78 is 38.1. The fourth-order valence-electron chi connectivity index (χ4n) is 3.69. The maximum Gasteiger partial charge on any atom is 1.00 e. The molecular formula is C25H18Cl2N3NaO6S. The Balaban J connectivity index is 0.00000400. The molecule has 1 amide bonds. The van der Waals surface area contributed by atoms with E-state index >= 15 is 0 Å². The van der Waals surface area contributed by atoms with Crippen LogP contribution in [0, 0.1) is 6.92 Å². The molecule has 0 bridgehead atoms. The summed E-state index contributed by atoms with van der Waals surface area (Å²) in [6.07, 6.45) is 0. The largest absolute Gasteiger partial charge is 1.00 e. The summed E-state index contributed by atoms with van der Waals surface area (Å²) in [5.41, 5.74) is -0.0736. The van der Waals surface area contributed by atoms with E-state index < -0.39 is 26.7 Å². The average Bonchev–Trinajstić information content (AvgIpc) is 2.84. The van der Waals surface area contributed by atoms with Gasteiger partial charge >= 0.3 is 29.6 Å². The number of hydrogen-bond donors (Lipinski definition) is 2. The molecule has 190 valence electrons. The zero-order valence-corrected chi connectivity index (χ0v) is 24.6. The van der Waals surface area contributed by atoms with E-state index in [1.807, 2.05) is 0 Å². The number of fused-ring (bicyclic) bond motifs is 1. The van der Waals surface area contributed by atoms with Crippen molar-refractivity contribution in [2.45, 2.75) is 11.8 Å². The molecule has 0 radical (unpaired) electrons. The number of ether oxygens (including phenoxy) is 1. The first-order valence-corrected chi connectivity index (χ1v) is 12.8. The monoisotopic (exact) mass is 581 g/mol. The van der Waals surface area contributed by atoms with Gasteiger partial charge in [-0.25, -0.2) is 0 Å². The smallest absolute Gasteiger partial charge is 0.870 e. The Labute approximate surface area is 250 Å². The van der Waals surface area contributed by atoms with Gasteiger partial charge in [0.2, 0.25) is 0 Å². The molecule has 0 aromatic heterocycles. The zero-order valence-electron chi connectivity index (χ0n) is 20.3. The molecule has 0 spiro atoms. The van der Waals surface area contributed by atoms with Gasteiger partial charge in [0.1, 0.15) is 11.4 Å². The normalized spacial score (nSPS) is 11.4. The summed E-state index contributed by atoms with van der Waals surface area (Å²) in [5, 5.41) is 25.6. The van der Waals surface area contributed by atoms with Crippen molar-refractivity contribution in [2.75, 3.05) is 12.4 Å². The standard InChI is InChI=1S/C25H19Cl2N3O6S.Na/c1-13-21(37(33,34)35)10-8-18(27)22(13)29-30-23-16-6-4-3-5-14(16)11-17(24(23)31)25(32)28-19-9-7-15(26)12-20(19)36-2;/h3-12,31H,1-2H3,(H,28,32)(H,33,34,35);/q;+1/p-1. The first kappa shape index (κ1) is 29.9. The van der Waals surface area contributed by atoms with Crippen LogP contribution >= 0.6 is 23.2 Å². The predicted molar refractivity (Wildman–Crippen MR) is 140 cm³/mol. The van der Waals surface area contributed by atoms with Gasteiger partial charge in [0, 0.05) is 22.0 Å². The summed E-state index contributed by atoms with van der Waals surface area (Å²) in [5.74, 6) is -1.12. The summed E-state index contributed by atoms with van der Waals surface area (Å²) in [4.78, 5) is 12.7. The van der Waals surface area contributed by atoms with Crippen LogP contribution in [0.5, 0.6) is 11.5 Å². The van der Waals surface area contributed by atoms with Crippen molar-refractivity contribution in [1.82, 2.24) is 0 Å². The molecule has 4 aromatic rings. The fourth-order valence-corrected chi connectivity index (χ4v) is 4.81. The molecular weight excluding hydrogens is 564 g/mol. The Morgan fingerprint density at radius 2 is 1.71 bits per heavy atom. The van der Waals surface area contributed by atoms with Gasteiger partial charge in [0.25, 0.3) is 16.0 Å². The van der Waals surface area contributed by atoms with Crippen LogP contribution in [0.2, 0.25) is 10.0 Å². The van der Waals surface area contributed by atoms with E-state index in [-0.39, 0.29) is 57.1 Å². The molecule has 4 aromatic carbocycles. The van der Waals surface area contributed by atoms with Crippen molar-refractivity contribution in [2.24, 2.45) is 10.2 Å². The van der Waals surface area contributed by atoms with Crippen molar-refractivity contribution in [3.05, 3.63) is 81.8 Å². The molecule has 0 aliphatic heterocycles. The van der Waals surface area contributed by atoms with E-state index in [4.69, 9.17) is 27.9 Å². The fraction of sp³-hybridized carbons (Fsp3) is 0.0800. The molecule has 13 heteroatoms. The number of hydrogen-bond acceptors (Lipinski definition) is 7. The quantitative estimate of drug-likeness (QED) is 0.203. The number of azo groups is 1. The minimum absolute atomic E-state index is 0. The SMILES string of the molecule is COc1cc(Cl)ccc1NC(=O)c1cc2ccccc2c(N=Nc2c(Cl)ccc(S(=O)(=O)O)c2C)c1[O-].[Na+]. The second kappa shape index (κ2) is 12.0. The topological polar surface area (TPSA) is 140 Å². The van der Waals surface area contributed by atoms with E-state index in [0.29, 0.717) is 27.2 Å². The molecule has 4 rings (SSSR count). The molecule has 0 saturated heterocycles. The number of nitrogens with zero attached hydrogens (tertiary/aromatic N) is 2. The number of halogens is 2. The number of carbonyl (C=O) groups excluding carboxylic acids is 1. The average molecular weight is 582 g/mol. The van der Waals surface area contributed by atoms with Gasteiger partial charge in [-0.3, -0.25) is 9.35 Å². The molecule has 0 atom stereocenters. The number of amides is 1. The summed E-state index contributed by atoms with van der Waals surface area (Å²) in [7, 11) is -3.13. The van der Waals surface area contributed by atoms with Crippen molar-refractivity contribution < 1.29 is 57.2 Å². The summed E-state index contributed by atoms with van der Waals surface area (Å²) >= 11 is 12.2. The van der Waals surface area contributed by atoms with Gasteiger partial charge in [-0.15, -0.1) is 5.11 Å². The van der Waals surface area contributed by atoms with Crippen molar-refractivity contribution in [3.63, 3.8) is 0 Å². The third-order valence-electron chi connectivity index (χ3n) is 5.49. The Kier molecular flexibility index (Phi) is 9.43. The van der Waals surface area contributed by atoms with E-state index in [0.717, 1.165) is 6.07 Å². The second-order valence-corrected chi connectivity index (χ2v) is 10.0. The maximum absolute atomic E-state index is 13.4. The van der Waals surface area contributed by atoms with Crippen molar-refractivity contribution in [1.29, 1.82) is 0 Å². The van der Waals surface area contributed by atoms with Crippen molar-refractivity contribution in [3.8, 4) is 11.5 Å². The van der Waals surface area contributed by atoms with Crippen LogP contribution in [0.25, 0.3) is 10.8 Å². The van der Waals surface area contributed by atoms with Crippen LogP contribution in [0.1, 0.15) is 15.9 Å². The molecule has 0 aliphatic rings. The minimum Gasteiger partial charge on any atom is -0.870 e. The molecule has 9 nitrogen and oxygen atoms in total. The number of rotatable bonds is 6. The van der Waals surface area contributed by atoms with Gasteiger partial charge in [0.15, 0.2) is 0 Å². The molecule has 2 N–H and O–H groups in total. The van der Waals surface area contributed by atoms with Gasteiger partial charge in [0.05, 0.1) is 28.4 Å². The van der Waals surface area contributed by atoms with E-state index in [1.165, 1.54) is 38.3 Å². The molecule has 0 fully saturated rings. The summed E-state index contributed by atoms with van der Waals surface area (Å²) in [6.45, 7) is 1.39. The van der Waals surface area contributed by atoms with Gasteiger partial charge < -0.3 is 15.2 Å². The number of methoxy groups -OCH3 is 1. The third kappa shape index (κ3) is 6.13.